The van der Waals surface area contributed by atoms with E-state index >= 15 is 0 Å². The SMILES string of the molecule is CCOc1ccc(N(CCC#N)C(=O)COC(=O)CCCOc2ccccc2)cc1. The summed E-state index contributed by atoms with van der Waals surface area (Å²) in [4.78, 5) is 25.9. The number of rotatable bonds is 12. The minimum atomic E-state index is -0.466. The van der Waals surface area contributed by atoms with E-state index in [1.54, 1.807) is 24.3 Å². The molecule has 7 heteroatoms. The van der Waals surface area contributed by atoms with Crippen LogP contribution in [0.15, 0.2) is 54.6 Å². The minimum Gasteiger partial charge on any atom is -0.494 e. The standard InChI is InChI=1S/C23H26N2O5/c1-2-28-21-13-11-19(12-14-21)25(16-7-15-24)22(26)18-30-23(27)10-6-17-29-20-8-4-3-5-9-20/h3-5,8-9,11-14H,2,6-7,10,16-18H2,1H3. The molecule has 158 valence electrons. The first-order valence-electron chi connectivity index (χ1n) is 9.87. The molecule has 0 saturated heterocycles. The Labute approximate surface area is 176 Å². The molecule has 2 aromatic carbocycles. The fourth-order valence-electron chi connectivity index (χ4n) is 2.66. The van der Waals surface area contributed by atoms with Crippen molar-refractivity contribution >= 4 is 17.6 Å². The van der Waals surface area contributed by atoms with Gasteiger partial charge >= 0.3 is 5.97 Å². The van der Waals surface area contributed by atoms with Crippen molar-refractivity contribution in [2.24, 2.45) is 0 Å². The lowest BCUT2D eigenvalue weighted by Crippen LogP contribution is -2.35. The van der Waals surface area contributed by atoms with Gasteiger partial charge in [-0.15, -0.1) is 0 Å². The van der Waals surface area contributed by atoms with Crippen molar-refractivity contribution in [3.05, 3.63) is 54.6 Å². The topological polar surface area (TPSA) is 88.9 Å². The summed E-state index contributed by atoms with van der Waals surface area (Å²) in [6.07, 6.45) is 0.810. The van der Waals surface area contributed by atoms with E-state index < -0.39 is 5.97 Å². The predicted octanol–water partition coefficient (Wildman–Crippen LogP) is 3.73. The number of carbonyl (C=O) groups excluding carboxylic acids is 2. The molecule has 7 nitrogen and oxygen atoms in total. The van der Waals surface area contributed by atoms with Crippen molar-refractivity contribution in [2.75, 3.05) is 31.3 Å². The molecule has 0 fully saturated rings. The van der Waals surface area contributed by atoms with Crippen LogP contribution < -0.4 is 14.4 Å². The molecule has 0 N–H and O–H groups in total. The number of hydrogen-bond donors (Lipinski definition) is 0. The van der Waals surface area contributed by atoms with Crippen LogP contribution in [-0.2, 0) is 14.3 Å². The number of nitrogens with zero attached hydrogens (tertiary/aromatic N) is 2. The number of ether oxygens (including phenoxy) is 3. The molecule has 0 atom stereocenters. The summed E-state index contributed by atoms with van der Waals surface area (Å²) in [7, 11) is 0. The normalized spacial score (nSPS) is 10.0. The van der Waals surface area contributed by atoms with E-state index in [-0.39, 0.29) is 31.9 Å². The molecule has 2 rings (SSSR count). The maximum Gasteiger partial charge on any atom is 0.306 e. The van der Waals surface area contributed by atoms with Gasteiger partial charge in [-0.3, -0.25) is 9.59 Å². The monoisotopic (exact) mass is 410 g/mol. The maximum atomic E-state index is 12.6. The lowest BCUT2D eigenvalue weighted by atomic mass is 10.2. The molecular formula is C23H26N2O5. The van der Waals surface area contributed by atoms with Gasteiger partial charge in [0.2, 0.25) is 0 Å². The molecule has 2 aromatic rings. The summed E-state index contributed by atoms with van der Waals surface area (Å²) in [6.45, 7) is 2.65. The number of anilines is 1. The van der Waals surface area contributed by atoms with E-state index in [4.69, 9.17) is 19.5 Å². The van der Waals surface area contributed by atoms with Gasteiger partial charge in [0.25, 0.3) is 5.91 Å². The molecule has 0 unspecified atom stereocenters. The maximum absolute atomic E-state index is 12.6. The van der Waals surface area contributed by atoms with Crippen LogP contribution in [0.2, 0.25) is 0 Å². The highest BCUT2D eigenvalue weighted by Crippen LogP contribution is 2.20. The number of benzene rings is 2. The van der Waals surface area contributed by atoms with Crippen LogP contribution in [0.5, 0.6) is 11.5 Å². The highest BCUT2D eigenvalue weighted by atomic mass is 16.5. The molecule has 0 aliphatic rings. The fraction of sp³-hybridized carbons (Fsp3) is 0.348. The molecule has 0 aliphatic heterocycles. The van der Waals surface area contributed by atoms with Gasteiger partial charge in [0.1, 0.15) is 11.5 Å². The average molecular weight is 410 g/mol. The van der Waals surface area contributed by atoms with Gasteiger partial charge in [-0.1, -0.05) is 18.2 Å². The van der Waals surface area contributed by atoms with Crippen LogP contribution in [0.25, 0.3) is 0 Å². The van der Waals surface area contributed by atoms with E-state index in [0.717, 1.165) is 5.75 Å². The second kappa shape index (κ2) is 12.8. The van der Waals surface area contributed by atoms with Gasteiger partial charge in [0.05, 0.1) is 25.7 Å². The lowest BCUT2D eigenvalue weighted by molar-refractivity contribution is -0.148. The molecule has 0 bridgehead atoms. The Balaban J connectivity index is 1.79. The van der Waals surface area contributed by atoms with Crippen LogP contribution in [0, 0.1) is 11.3 Å². The molecule has 0 heterocycles. The van der Waals surface area contributed by atoms with Gasteiger partial charge in [-0.05, 0) is 49.7 Å². The summed E-state index contributed by atoms with van der Waals surface area (Å²) in [5, 5.41) is 8.87. The Kier molecular flexibility index (Phi) is 9.74. The summed E-state index contributed by atoms with van der Waals surface area (Å²) >= 11 is 0. The number of amides is 1. The third kappa shape index (κ3) is 7.84. The van der Waals surface area contributed by atoms with Gasteiger partial charge in [0.15, 0.2) is 6.61 Å². The van der Waals surface area contributed by atoms with Crippen molar-refractivity contribution in [1.29, 1.82) is 5.26 Å². The highest BCUT2D eigenvalue weighted by molar-refractivity contribution is 5.95. The minimum absolute atomic E-state index is 0.154. The largest absolute Gasteiger partial charge is 0.494 e. The third-order valence-electron chi connectivity index (χ3n) is 4.10. The van der Waals surface area contributed by atoms with Crippen LogP contribution in [0.1, 0.15) is 26.2 Å². The van der Waals surface area contributed by atoms with Crippen molar-refractivity contribution in [3.63, 3.8) is 0 Å². The molecule has 30 heavy (non-hydrogen) atoms. The highest BCUT2D eigenvalue weighted by Gasteiger charge is 2.17. The lowest BCUT2D eigenvalue weighted by Gasteiger charge is -2.22. The van der Waals surface area contributed by atoms with E-state index in [1.165, 1.54) is 4.90 Å². The summed E-state index contributed by atoms with van der Waals surface area (Å²) in [6, 6.07) is 18.3. The Hall–Kier alpha value is -3.53. The number of hydrogen-bond acceptors (Lipinski definition) is 6. The Morgan fingerprint density at radius 1 is 1.00 bits per heavy atom. The zero-order valence-corrected chi connectivity index (χ0v) is 17.1. The summed E-state index contributed by atoms with van der Waals surface area (Å²) < 4.78 is 16.0. The number of esters is 1. The number of para-hydroxylation sites is 1. The molecule has 0 aliphatic carbocycles. The molecule has 0 radical (unpaired) electrons. The molecular weight excluding hydrogens is 384 g/mol. The van der Waals surface area contributed by atoms with E-state index in [2.05, 4.69) is 0 Å². The molecule has 0 spiro atoms. The van der Waals surface area contributed by atoms with Crippen molar-refractivity contribution in [1.82, 2.24) is 0 Å². The van der Waals surface area contributed by atoms with Crippen molar-refractivity contribution in [3.8, 4) is 17.6 Å². The van der Waals surface area contributed by atoms with E-state index in [0.29, 0.717) is 31.1 Å². The quantitative estimate of drug-likeness (QED) is 0.391. The average Bonchev–Trinajstić information content (AvgIpc) is 2.77. The van der Waals surface area contributed by atoms with Crippen molar-refractivity contribution in [2.45, 2.75) is 26.2 Å². The van der Waals surface area contributed by atoms with E-state index in [1.807, 2.05) is 43.3 Å². The first-order chi connectivity index (χ1) is 14.6. The first kappa shape index (κ1) is 22.8. The van der Waals surface area contributed by atoms with Gasteiger partial charge < -0.3 is 19.1 Å². The summed E-state index contributed by atoms with van der Waals surface area (Å²) in [5.41, 5.74) is 0.617. The first-order valence-corrected chi connectivity index (χ1v) is 9.87. The zero-order valence-electron chi connectivity index (χ0n) is 17.1. The van der Waals surface area contributed by atoms with E-state index in [9.17, 15) is 9.59 Å². The Morgan fingerprint density at radius 3 is 2.37 bits per heavy atom. The van der Waals surface area contributed by atoms with Gasteiger partial charge in [-0.25, -0.2) is 0 Å². The number of nitriles is 1. The van der Waals surface area contributed by atoms with Crippen LogP contribution in [-0.4, -0.2) is 38.2 Å². The molecule has 0 saturated carbocycles. The van der Waals surface area contributed by atoms with Crippen LogP contribution in [0.4, 0.5) is 5.69 Å². The zero-order chi connectivity index (χ0) is 21.6. The molecule has 1 amide bonds. The molecule has 0 aromatic heterocycles. The second-order valence-corrected chi connectivity index (χ2v) is 6.31. The van der Waals surface area contributed by atoms with Gasteiger partial charge in [-0.2, -0.15) is 5.26 Å². The van der Waals surface area contributed by atoms with Gasteiger partial charge in [0, 0.05) is 18.7 Å². The fourth-order valence-corrected chi connectivity index (χ4v) is 2.66. The number of carbonyl (C=O) groups is 2. The van der Waals surface area contributed by atoms with Crippen LogP contribution in [0.3, 0.4) is 0 Å². The second-order valence-electron chi connectivity index (χ2n) is 6.31. The van der Waals surface area contributed by atoms with Crippen molar-refractivity contribution < 1.29 is 23.8 Å². The smallest absolute Gasteiger partial charge is 0.306 e. The third-order valence-corrected chi connectivity index (χ3v) is 4.10. The Morgan fingerprint density at radius 2 is 1.70 bits per heavy atom. The predicted molar refractivity (Wildman–Crippen MR) is 112 cm³/mol. The summed E-state index contributed by atoms with van der Waals surface area (Å²) in [5.74, 6) is 0.581. The van der Waals surface area contributed by atoms with Crippen LogP contribution >= 0.6 is 0 Å². The Bertz CT molecular complexity index is 831.